The number of amides is 5. The van der Waals surface area contributed by atoms with Crippen LogP contribution in [0.15, 0.2) is 170 Å². The Morgan fingerprint density at radius 3 is 0.871 bits per heavy atom. The van der Waals surface area contributed by atoms with Crippen LogP contribution in [0.5, 0.6) is 23.0 Å². The highest BCUT2D eigenvalue weighted by Crippen LogP contribution is 2.57. The second-order valence-corrected chi connectivity index (χ2v) is 33.8. The summed E-state index contributed by atoms with van der Waals surface area (Å²) in [5.41, 5.74) is 18.3. The van der Waals surface area contributed by atoms with Crippen molar-refractivity contribution in [3.05, 3.63) is 192 Å². The van der Waals surface area contributed by atoms with Crippen molar-refractivity contribution in [3.8, 4) is 89.8 Å². The quantitative estimate of drug-likeness (QED) is 0.0181. The SMILES string of the molecule is CC(=O)N1C(=O)CCC1=O.COCCOCCCC1(CCCOCCOC)c2cc(-c3ccc(OCCCCNC(C)=O)cc3)ccc2-c2ccc(-c3ccc(OCCOCCC(=O)O)cc3)cc21.COCCOCCCC1(CCCOCCOC)c2cc(-c3ccc(OCCCCNC(C)=O)cc3)ccc2-c2ccc(-c3ccc(OCCOCCC(=O)OC(C)(C)C)cc3)cc21. The van der Waals surface area contributed by atoms with Crippen LogP contribution in [0.2, 0.25) is 0 Å². The number of nitrogens with zero attached hydrogens (tertiary/aromatic N) is 1. The number of esters is 1. The minimum Gasteiger partial charge on any atom is -0.494 e. The van der Waals surface area contributed by atoms with E-state index in [1.54, 1.807) is 28.4 Å². The monoisotopic (exact) mass is 1820 g/mol. The lowest BCUT2D eigenvalue weighted by Crippen LogP contribution is -2.33. The minimum atomic E-state index is -0.879. The first-order valence-corrected chi connectivity index (χ1v) is 46.2. The van der Waals surface area contributed by atoms with E-state index in [9.17, 15) is 33.6 Å². The zero-order valence-corrected chi connectivity index (χ0v) is 78.9. The van der Waals surface area contributed by atoms with Gasteiger partial charge in [-0.2, -0.15) is 0 Å². The van der Waals surface area contributed by atoms with Gasteiger partial charge in [0.15, 0.2) is 0 Å². The summed E-state index contributed by atoms with van der Waals surface area (Å²) in [4.78, 5) is 77.7. The van der Waals surface area contributed by atoms with E-state index < -0.39 is 17.5 Å². The summed E-state index contributed by atoms with van der Waals surface area (Å²) in [7, 11) is 6.78. The van der Waals surface area contributed by atoms with Crippen LogP contribution in [-0.4, -0.2) is 231 Å². The number of benzene rings is 8. The Kier molecular flexibility index (Phi) is 44.8. The lowest BCUT2D eigenvalue weighted by molar-refractivity contribution is -0.156. The van der Waals surface area contributed by atoms with Crippen LogP contribution < -0.4 is 29.6 Å². The third-order valence-corrected chi connectivity index (χ3v) is 22.9. The summed E-state index contributed by atoms with van der Waals surface area (Å²) in [6.07, 6.45) is 11.2. The van der Waals surface area contributed by atoms with E-state index >= 15 is 0 Å². The summed E-state index contributed by atoms with van der Waals surface area (Å²) >= 11 is 0. The average molecular weight is 1820 g/mol. The number of unbranched alkanes of at least 4 members (excludes halogenated alkanes) is 2. The summed E-state index contributed by atoms with van der Waals surface area (Å²) in [6, 6.07) is 60.6. The molecule has 11 rings (SSSR count). The molecule has 3 N–H and O–H groups in total. The van der Waals surface area contributed by atoms with Crippen molar-refractivity contribution < 1.29 is 110 Å². The van der Waals surface area contributed by atoms with Crippen LogP contribution in [-0.2, 0) is 96.5 Å². The van der Waals surface area contributed by atoms with Gasteiger partial charge in [-0.05, 0) is 260 Å². The van der Waals surface area contributed by atoms with E-state index in [-0.39, 0.29) is 79.3 Å². The molecule has 26 heteroatoms. The number of carbonyl (C=O) groups excluding carboxylic acids is 6. The zero-order valence-electron chi connectivity index (χ0n) is 78.9. The second-order valence-electron chi connectivity index (χ2n) is 33.8. The number of carbonyl (C=O) groups is 7. The largest absolute Gasteiger partial charge is 0.494 e. The predicted octanol–water partition coefficient (Wildman–Crippen LogP) is 17.6. The van der Waals surface area contributed by atoms with Gasteiger partial charge < -0.3 is 86.8 Å². The van der Waals surface area contributed by atoms with Crippen LogP contribution >= 0.6 is 0 Å². The molecular weight excluding hydrogens is 1680 g/mol. The number of imide groups is 3. The van der Waals surface area contributed by atoms with Crippen LogP contribution in [0, 0.1) is 0 Å². The summed E-state index contributed by atoms with van der Waals surface area (Å²) in [5, 5.41) is 14.5. The molecule has 0 saturated carbocycles. The number of ether oxygens (including phenoxy) is 15. The Labute approximate surface area is 778 Å². The Balaban J connectivity index is 0.000000268. The number of aliphatic carboxylic acids is 1. The van der Waals surface area contributed by atoms with Crippen LogP contribution in [0.1, 0.15) is 167 Å². The van der Waals surface area contributed by atoms with Gasteiger partial charge in [-0.25, -0.2) is 4.90 Å². The average Bonchev–Trinajstić information content (AvgIpc) is 1.56. The number of fused-ring (bicyclic) bond motifs is 6. The molecule has 1 heterocycles. The van der Waals surface area contributed by atoms with Gasteiger partial charge >= 0.3 is 11.9 Å². The van der Waals surface area contributed by atoms with Crippen molar-refractivity contribution in [1.82, 2.24) is 15.5 Å². The maximum Gasteiger partial charge on any atom is 0.308 e. The number of carboxylic acids is 1. The van der Waals surface area contributed by atoms with Crippen molar-refractivity contribution in [1.29, 1.82) is 0 Å². The molecule has 3 aliphatic rings. The molecule has 0 atom stereocenters. The van der Waals surface area contributed by atoms with E-state index in [1.165, 1.54) is 65.3 Å². The van der Waals surface area contributed by atoms with Gasteiger partial charge in [0, 0.05) is 112 Å². The van der Waals surface area contributed by atoms with Gasteiger partial charge in [0.25, 0.3) is 0 Å². The topological polar surface area (TPSA) is 305 Å². The standard InChI is InChI=1S/C52H69NO10.C48H61NO10.C6H7NO3/c1-39(54)53-26-7-8-29-61-44-17-11-40(12-18-44)42-15-21-46-47-22-16-43(41-13-19-45(20-14-41)62-36-35-60-30-23-50(55)63-51(2,3)4)38-49(47)52(48(46)37-42,24-9-27-58-33-31-56-5)25-10-28-59-34-32-57-6;1-36(50)49-23-4-5-26-58-41-14-8-37(9-15-41)39-12-18-43-44-19-13-40(38-10-16-42(17-11-38)59-33-32-57-27-20-47(51)52)35-46(44)48(45(43)34-39,21-6-24-55-30-28-53-2)22-7-25-56-31-29-54-3;1-4(8)7-5(9)2-3-6(7)10/h11-22,37-38H,7-10,23-36H2,1-6H3,(H,53,54);8-19,34-35H,4-7,20-33H2,1-3H3,(H,49,50)(H,51,52);2-3H2,1H3. The zero-order chi connectivity index (χ0) is 94.4. The first-order valence-electron chi connectivity index (χ1n) is 46.2. The lowest BCUT2D eigenvalue weighted by atomic mass is 9.70. The molecule has 1 fully saturated rings. The number of carboxylic acid groups (broad SMARTS) is 1. The lowest BCUT2D eigenvalue weighted by Gasteiger charge is -2.33. The minimum absolute atomic E-state index is 0.00833. The molecule has 8 aromatic carbocycles. The molecule has 8 aromatic rings. The van der Waals surface area contributed by atoms with Crippen molar-refractivity contribution in [2.24, 2.45) is 0 Å². The second kappa shape index (κ2) is 56.3. The molecule has 0 aromatic heterocycles. The highest BCUT2D eigenvalue weighted by Gasteiger charge is 2.45. The molecule has 0 radical (unpaired) electrons. The Morgan fingerprint density at radius 1 is 0.333 bits per heavy atom. The highest BCUT2D eigenvalue weighted by atomic mass is 16.6. The fourth-order valence-corrected chi connectivity index (χ4v) is 16.5. The van der Waals surface area contributed by atoms with E-state index in [1.807, 2.05) is 69.3 Å². The third-order valence-electron chi connectivity index (χ3n) is 22.9. The van der Waals surface area contributed by atoms with Gasteiger partial charge in [-0.1, -0.05) is 97.1 Å². The van der Waals surface area contributed by atoms with Crippen LogP contribution in [0.3, 0.4) is 0 Å². The number of rotatable bonds is 58. The third kappa shape index (κ3) is 33.5. The summed E-state index contributed by atoms with van der Waals surface area (Å²) < 4.78 is 85.3. The number of methoxy groups -OCH3 is 4. The molecule has 5 amide bonds. The molecule has 2 aliphatic carbocycles. The van der Waals surface area contributed by atoms with Crippen molar-refractivity contribution in [2.45, 2.75) is 161 Å². The Hall–Kier alpha value is -10.8. The van der Waals surface area contributed by atoms with Crippen molar-refractivity contribution >= 4 is 41.5 Å². The highest BCUT2D eigenvalue weighted by molar-refractivity contribution is 6.14. The fourth-order valence-electron chi connectivity index (χ4n) is 16.5. The molecular formula is C106H137N3O23. The maximum absolute atomic E-state index is 12.0. The summed E-state index contributed by atoms with van der Waals surface area (Å²) in [6.45, 7) is 21.3. The van der Waals surface area contributed by atoms with Crippen molar-refractivity contribution in [3.63, 3.8) is 0 Å². The maximum atomic E-state index is 12.0. The number of hydrogen-bond acceptors (Lipinski definition) is 22. The number of hydrogen-bond donors (Lipinski definition) is 3. The van der Waals surface area contributed by atoms with Crippen LogP contribution in [0.4, 0.5) is 0 Å². The van der Waals surface area contributed by atoms with Gasteiger partial charge in [0.2, 0.25) is 29.5 Å². The van der Waals surface area contributed by atoms with Gasteiger partial charge in [-0.15, -0.1) is 0 Å². The molecule has 26 nitrogen and oxygen atoms in total. The molecule has 0 unspecified atom stereocenters. The number of nitrogens with one attached hydrogen (secondary N) is 2. The first-order chi connectivity index (χ1) is 64.0. The molecule has 714 valence electrons. The van der Waals surface area contributed by atoms with Crippen LogP contribution in [0.25, 0.3) is 66.8 Å². The Morgan fingerprint density at radius 2 is 0.606 bits per heavy atom. The molecule has 1 saturated heterocycles. The molecule has 1 aliphatic heterocycles. The normalized spacial score (nSPS) is 13.1. The first kappa shape index (κ1) is 105. The molecule has 0 spiro atoms. The van der Waals surface area contributed by atoms with E-state index in [4.69, 9.17) is 76.2 Å². The molecule has 132 heavy (non-hydrogen) atoms. The van der Waals surface area contributed by atoms with Gasteiger partial charge in [0.1, 0.15) is 41.8 Å². The van der Waals surface area contributed by atoms with E-state index in [0.717, 1.165) is 145 Å². The smallest absolute Gasteiger partial charge is 0.308 e. The molecule has 0 bridgehead atoms. The Bertz CT molecular complexity index is 4710. The fraction of sp³-hybridized carbons (Fsp3) is 0.481. The van der Waals surface area contributed by atoms with E-state index in [0.29, 0.717) is 137 Å². The number of likely N-dealkylation sites (tertiary alicyclic amines) is 1. The van der Waals surface area contributed by atoms with E-state index in [2.05, 4.69) is 132 Å². The van der Waals surface area contributed by atoms with Gasteiger partial charge in [-0.3, -0.25) is 33.6 Å². The predicted molar refractivity (Wildman–Crippen MR) is 509 cm³/mol. The van der Waals surface area contributed by atoms with Gasteiger partial charge in [0.05, 0.1) is 105 Å². The summed E-state index contributed by atoms with van der Waals surface area (Å²) in [5.74, 6) is 0.736. The van der Waals surface area contributed by atoms with Crippen molar-refractivity contribution in [2.75, 3.05) is 174 Å².